The van der Waals surface area contributed by atoms with Gasteiger partial charge in [0.25, 0.3) is 0 Å². The summed E-state index contributed by atoms with van der Waals surface area (Å²) in [6.07, 6.45) is 7.41. The first-order chi connectivity index (χ1) is 5.58. The molecule has 0 spiro atoms. The van der Waals surface area contributed by atoms with Gasteiger partial charge in [-0.2, -0.15) is 0 Å². The second-order valence-electron chi connectivity index (χ2n) is 4.96. The molecule has 0 aliphatic heterocycles. The van der Waals surface area contributed by atoms with Crippen molar-refractivity contribution >= 4 is 5.78 Å². The van der Waals surface area contributed by atoms with E-state index in [-0.39, 0.29) is 11.3 Å². The number of allylic oxidation sites excluding steroid dienone is 2. The summed E-state index contributed by atoms with van der Waals surface area (Å²) in [4.78, 5) is 11.6. The molecule has 0 aromatic heterocycles. The van der Waals surface area contributed by atoms with E-state index in [1.54, 1.807) is 0 Å². The molecule has 0 aromatic rings. The van der Waals surface area contributed by atoms with Crippen LogP contribution in [0.2, 0.25) is 0 Å². The molecule has 0 saturated heterocycles. The van der Waals surface area contributed by atoms with Gasteiger partial charge < -0.3 is 0 Å². The minimum Gasteiger partial charge on any atom is -0.299 e. The van der Waals surface area contributed by atoms with Crippen molar-refractivity contribution in [3.8, 4) is 0 Å². The molecule has 0 aromatic carbocycles. The molecule has 1 heteroatoms. The van der Waals surface area contributed by atoms with Crippen molar-refractivity contribution in [2.75, 3.05) is 0 Å². The minimum atomic E-state index is 0.254. The minimum absolute atomic E-state index is 0.254. The van der Waals surface area contributed by atoms with Crippen LogP contribution in [0.4, 0.5) is 0 Å². The topological polar surface area (TPSA) is 17.1 Å². The Bertz CT molecular complexity index is 237. The first kappa shape index (κ1) is 8.03. The van der Waals surface area contributed by atoms with E-state index in [9.17, 15) is 4.79 Å². The van der Waals surface area contributed by atoms with Gasteiger partial charge in [0, 0.05) is 12.3 Å². The standard InChI is InChI=1S/C11H16O/c1-11(2)6-8-4-3-5-9(8)10(12)7-11/h3,5,8-9H,4,6-7H2,1-2H3/t8-,9-/m1/s1. The zero-order chi connectivity index (χ0) is 8.77. The zero-order valence-electron chi connectivity index (χ0n) is 7.84. The normalized spacial score (nSPS) is 38.3. The summed E-state index contributed by atoms with van der Waals surface area (Å²) >= 11 is 0. The number of ketones is 1. The summed E-state index contributed by atoms with van der Waals surface area (Å²) < 4.78 is 0. The lowest BCUT2D eigenvalue weighted by atomic mass is 9.67. The average molecular weight is 164 g/mol. The highest BCUT2D eigenvalue weighted by molar-refractivity contribution is 5.84. The van der Waals surface area contributed by atoms with Crippen LogP contribution in [-0.2, 0) is 4.79 Å². The summed E-state index contributed by atoms with van der Waals surface area (Å²) in [5.41, 5.74) is 0.254. The molecule has 2 aliphatic carbocycles. The van der Waals surface area contributed by atoms with Crippen molar-refractivity contribution in [3.05, 3.63) is 12.2 Å². The molecule has 1 nitrogen and oxygen atoms in total. The van der Waals surface area contributed by atoms with Crippen LogP contribution < -0.4 is 0 Å². The van der Waals surface area contributed by atoms with Crippen molar-refractivity contribution in [2.24, 2.45) is 17.3 Å². The number of hydrogen-bond acceptors (Lipinski definition) is 1. The Hall–Kier alpha value is -0.590. The van der Waals surface area contributed by atoms with Crippen LogP contribution in [-0.4, -0.2) is 5.78 Å². The number of hydrogen-bond donors (Lipinski definition) is 0. The largest absolute Gasteiger partial charge is 0.299 e. The Morgan fingerprint density at radius 3 is 3.00 bits per heavy atom. The Morgan fingerprint density at radius 1 is 1.50 bits per heavy atom. The van der Waals surface area contributed by atoms with Gasteiger partial charge in [-0.05, 0) is 24.2 Å². The molecule has 2 atom stereocenters. The molecule has 0 N–H and O–H groups in total. The quantitative estimate of drug-likeness (QED) is 0.503. The van der Waals surface area contributed by atoms with Crippen molar-refractivity contribution in [1.82, 2.24) is 0 Å². The number of fused-ring (bicyclic) bond motifs is 1. The van der Waals surface area contributed by atoms with Crippen molar-refractivity contribution < 1.29 is 4.79 Å². The fourth-order valence-electron chi connectivity index (χ4n) is 2.66. The fraction of sp³-hybridized carbons (Fsp3) is 0.727. The van der Waals surface area contributed by atoms with Gasteiger partial charge in [-0.3, -0.25) is 4.79 Å². The molecule has 2 aliphatic rings. The van der Waals surface area contributed by atoms with Crippen LogP contribution in [0.5, 0.6) is 0 Å². The van der Waals surface area contributed by atoms with E-state index in [1.807, 2.05) is 0 Å². The lowest BCUT2D eigenvalue weighted by Crippen LogP contribution is -2.34. The number of rotatable bonds is 0. The molecular weight excluding hydrogens is 148 g/mol. The number of Topliss-reactive ketones (excluding diaryl/α,β-unsaturated/α-hetero) is 1. The first-order valence-corrected chi connectivity index (χ1v) is 4.78. The molecule has 2 rings (SSSR count). The highest BCUT2D eigenvalue weighted by atomic mass is 16.1. The van der Waals surface area contributed by atoms with E-state index >= 15 is 0 Å². The Kier molecular flexibility index (Phi) is 1.64. The van der Waals surface area contributed by atoms with Gasteiger partial charge in [0.05, 0.1) is 0 Å². The van der Waals surface area contributed by atoms with Crippen LogP contribution in [0.1, 0.15) is 33.1 Å². The van der Waals surface area contributed by atoms with Crippen LogP contribution >= 0.6 is 0 Å². The predicted molar refractivity (Wildman–Crippen MR) is 48.8 cm³/mol. The molecule has 0 amide bonds. The Balaban J connectivity index is 2.19. The molecule has 66 valence electrons. The lowest BCUT2D eigenvalue weighted by molar-refractivity contribution is -0.128. The predicted octanol–water partition coefficient (Wildman–Crippen LogP) is 2.57. The van der Waals surface area contributed by atoms with Crippen molar-refractivity contribution in [1.29, 1.82) is 0 Å². The van der Waals surface area contributed by atoms with E-state index in [0.717, 1.165) is 12.8 Å². The molecular formula is C11H16O. The first-order valence-electron chi connectivity index (χ1n) is 4.78. The molecule has 0 radical (unpaired) electrons. The van der Waals surface area contributed by atoms with Crippen molar-refractivity contribution in [3.63, 3.8) is 0 Å². The average Bonchev–Trinajstić information content (AvgIpc) is 2.31. The van der Waals surface area contributed by atoms with Gasteiger partial charge in [-0.1, -0.05) is 26.0 Å². The molecule has 1 fully saturated rings. The molecule has 0 bridgehead atoms. The van der Waals surface area contributed by atoms with Gasteiger partial charge in [-0.15, -0.1) is 0 Å². The molecule has 1 saturated carbocycles. The highest BCUT2D eigenvalue weighted by Gasteiger charge is 2.40. The zero-order valence-corrected chi connectivity index (χ0v) is 7.84. The highest BCUT2D eigenvalue weighted by Crippen LogP contribution is 2.44. The van der Waals surface area contributed by atoms with E-state index < -0.39 is 0 Å². The maximum atomic E-state index is 11.6. The summed E-state index contributed by atoms with van der Waals surface area (Å²) in [5.74, 6) is 1.37. The molecule has 12 heavy (non-hydrogen) atoms. The summed E-state index contributed by atoms with van der Waals surface area (Å²) in [7, 11) is 0. The number of carbonyl (C=O) groups excluding carboxylic acids is 1. The smallest absolute Gasteiger partial charge is 0.140 e. The van der Waals surface area contributed by atoms with Crippen LogP contribution in [0.3, 0.4) is 0 Å². The van der Waals surface area contributed by atoms with Gasteiger partial charge in [0.2, 0.25) is 0 Å². The fourth-order valence-corrected chi connectivity index (χ4v) is 2.66. The van der Waals surface area contributed by atoms with Gasteiger partial charge in [-0.25, -0.2) is 0 Å². The van der Waals surface area contributed by atoms with Gasteiger partial charge >= 0.3 is 0 Å². The third-order valence-electron chi connectivity index (χ3n) is 3.13. The monoisotopic (exact) mass is 164 g/mol. The van der Waals surface area contributed by atoms with E-state index in [0.29, 0.717) is 11.7 Å². The van der Waals surface area contributed by atoms with Gasteiger partial charge in [0.15, 0.2) is 0 Å². The van der Waals surface area contributed by atoms with E-state index in [4.69, 9.17) is 0 Å². The van der Waals surface area contributed by atoms with Crippen LogP contribution in [0.15, 0.2) is 12.2 Å². The summed E-state index contributed by atoms with van der Waals surface area (Å²) in [5, 5.41) is 0. The summed E-state index contributed by atoms with van der Waals surface area (Å²) in [6.45, 7) is 4.42. The van der Waals surface area contributed by atoms with Crippen molar-refractivity contribution in [2.45, 2.75) is 33.1 Å². The number of carbonyl (C=O) groups is 1. The Labute approximate surface area is 73.8 Å². The Morgan fingerprint density at radius 2 is 2.25 bits per heavy atom. The maximum Gasteiger partial charge on any atom is 0.140 e. The third kappa shape index (κ3) is 1.21. The van der Waals surface area contributed by atoms with Crippen LogP contribution in [0, 0.1) is 17.3 Å². The van der Waals surface area contributed by atoms with E-state index in [1.165, 1.54) is 6.42 Å². The molecule has 0 unspecified atom stereocenters. The van der Waals surface area contributed by atoms with E-state index in [2.05, 4.69) is 26.0 Å². The molecule has 0 heterocycles. The summed E-state index contributed by atoms with van der Waals surface area (Å²) in [6, 6.07) is 0. The maximum absolute atomic E-state index is 11.6. The second-order valence-corrected chi connectivity index (χ2v) is 4.96. The third-order valence-corrected chi connectivity index (χ3v) is 3.13. The SMILES string of the molecule is CC1(C)CC(=O)[C@@H]2C=CC[C@@H]2C1. The lowest BCUT2D eigenvalue weighted by Gasteiger charge is -2.36. The second kappa shape index (κ2) is 2.45. The van der Waals surface area contributed by atoms with Crippen LogP contribution in [0.25, 0.3) is 0 Å². The van der Waals surface area contributed by atoms with Gasteiger partial charge in [0.1, 0.15) is 5.78 Å².